The van der Waals surface area contributed by atoms with Gasteiger partial charge in [0.05, 0.1) is 0 Å². The molecule has 226 valence electrons. The molecule has 0 aromatic heterocycles. The monoisotopic (exact) mass is 549 g/mol. The van der Waals surface area contributed by atoms with E-state index in [1.165, 1.54) is 68.9 Å². The Hall–Kier alpha value is -1.44. The van der Waals surface area contributed by atoms with Crippen molar-refractivity contribution in [1.82, 2.24) is 0 Å². The van der Waals surface area contributed by atoms with Crippen LogP contribution in [0.25, 0.3) is 0 Å². The molecule has 0 saturated heterocycles. The summed E-state index contributed by atoms with van der Waals surface area (Å²) in [5, 5.41) is 0. The maximum Gasteiger partial charge on any atom is 0.0367 e. The van der Waals surface area contributed by atoms with E-state index in [9.17, 15) is 0 Å². The molecule has 5 saturated carbocycles. The molecule has 2 nitrogen and oxygen atoms in total. The Balaban J connectivity index is 0.000000886. The van der Waals surface area contributed by atoms with Gasteiger partial charge >= 0.3 is 0 Å². The van der Waals surface area contributed by atoms with Gasteiger partial charge in [-0.05, 0) is 167 Å². The van der Waals surface area contributed by atoms with Crippen LogP contribution in [0.15, 0.2) is 29.8 Å². The minimum atomic E-state index is 0.620. The van der Waals surface area contributed by atoms with Crippen LogP contribution < -0.4 is 11.5 Å². The molecule has 40 heavy (non-hydrogen) atoms. The highest BCUT2D eigenvalue weighted by molar-refractivity contribution is 5.56. The molecule has 5 aliphatic carbocycles. The summed E-state index contributed by atoms with van der Waals surface area (Å²) in [6, 6.07) is 6.18. The number of fused-ring (bicyclic) bond motifs is 2. The van der Waals surface area contributed by atoms with Crippen molar-refractivity contribution >= 4 is 11.4 Å². The average Bonchev–Trinajstić information content (AvgIpc) is 3.28. The summed E-state index contributed by atoms with van der Waals surface area (Å²) in [5.41, 5.74) is 18.1. The molecule has 5 fully saturated rings. The topological polar surface area (TPSA) is 52.0 Å². The Labute approximate surface area is 248 Å². The Morgan fingerprint density at radius 3 is 2.45 bits per heavy atom. The fraction of sp³-hybridized carbons (Fsp3) is 0.789. The fourth-order valence-electron chi connectivity index (χ4n) is 11.5. The van der Waals surface area contributed by atoms with Gasteiger partial charge in [0.2, 0.25) is 0 Å². The minimum absolute atomic E-state index is 0.620. The fourth-order valence-corrected chi connectivity index (χ4v) is 11.5. The molecule has 0 bridgehead atoms. The summed E-state index contributed by atoms with van der Waals surface area (Å²) < 4.78 is 0. The quantitative estimate of drug-likeness (QED) is 0.274. The van der Waals surface area contributed by atoms with Crippen molar-refractivity contribution in [3.05, 3.63) is 35.4 Å². The number of allylic oxidation sites excluding steroid dienone is 2. The maximum atomic E-state index is 6.34. The minimum Gasteiger partial charge on any atom is -0.399 e. The number of benzene rings is 1. The molecule has 10 unspecified atom stereocenters. The zero-order chi connectivity index (χ0) is 29.2. The highest BCUT2D eigenvalue weighted by Gasteiger charge is 2.69. The number of anilines is 2. The van der Waals surface area contributed by atoms with Crippen molar-refractivity contribution in [2.24, 2.45) is 58.2 Å². The average molecular weight is 549 g/mol. The van der Waals surface area contributed by atoms with E-state index in [2.05, 4.69) is 39.8 Å². The van der Waals surface area contributed by atoms with Gasteiger partial charge in [-0.1, -0.05) is 59.3 Å². The zero-order valence-electron chi connectivity index (χ0n) is 27.6. The molecule has 0 radical (unpaired) electrons. The molecule has 0 amide bonds. The van der Waals surface area contributed by atoms with Crippen LogP contribution >= 0.6 is 0 Å². The lowest BCUT2D eigenvalue weighted by molar-refractivity contribution is -0.236. The molecule has 1 aromatic carbocycles. The van der Waals surface area contributed by atoms with Gasteiger partial charge in [-0.3, -0.25) is 0 Å². The van der Waals surface area contributed by atoms with E-state index in [4.69, 9.17) is 11.5 Å². The van der Waals surface area contributed by atoms with E-state index in [1.807, 2.05) is 39.8 Å². The molecule has 6 rings (SSSR count). The Bertz CT molecular complexity index is 1010. The lowest BCUT2D eigenvalue weighted by atomic mass is 9.32. The molecule has 2 heteroatoms. The van der Waals surface area contributed by atoms with Crippen molar-refractivity contribution < 1.29 is 0 Å². The first-order valence-electron chi connectivity index (χ1n) is 17.5. The number of hydrogen-bond donors (Lipinski definition) is 2. The van der Waals surface area contributed by atoms with E-state index in [-0.39, 0.29) is 0 Å². The molecule has 0 heterocycles. The van der Waals surface area contributed by atoms with Gasteiger partial charge in [-0.2, -0.15) is 0 Å². The van der Waals surface area contributed by atoms with E-state index < -0.39 is 0 Å². The zero-order valence-corrected chi connectivity index (χ0v) is 27.6. The summed E-state index contributed by atoms with van der Waals surface area (Å²) in [5.74, 6) is 7.79. The summed E-state index contributed by atoms with van der Waals surface area (Å²) in [7, 11) is 0. The summed E-state index contributed by atoms with van der Waals surface area (Å²) in [4.78, 5) is 0. The molecule has 4 N–H and O–H groups in total. The second-order valence-electron chi connectivity index (χ2n) is 14.8. The van der Waals surface area contributed by atoms with Gasteiger partial charge in [0, 0.05) is 11.4 Å². The lowest BCUT2D eigenvalue weighted by Gasteiger charge is -2.72. The molecule has 0 aliphatic heterocycles. The third kappa shape index (κ3) is 5.51. The van der Waals surface area contributed by atoms with Crippen molar-refractivity contribution in [1.29, 1.82) is 0 Å². The molecule has 10 atom stereocenters. The van der Waals surface area contributed by atoms with Crippen LogP contribution in [0.2, 0.25) is 0 Å². The molecule has 1 spiro atoms. The predicted molar refractivity (Wildman–Crippen MR) is 176 cm³/mol. The summed E-state index contributed by atoms with van der Waals surface area (Å²) in [6.45, 7) is 17.9. The normalized spacial score (nSPS) is 39.5. The number of nitrogen functional groups attached to an aromatic ring is 2. The van der Waals surface area contributed by atoms with Crippen LogP contribution in [0.5, 0.6) is 0 Å². The van der Waals surface area contributed by atoms with Gasteiger partial charge in [-0.15, -0.1) is 0 Å². The maximum absolute atomic E-state index is 6.34. The van der Waals surface area contributed by atoms with Gasteiger partial charge in [0.1, 0.15) is 0 Å². The first-order valence-corrected chi connectivity index (χ1v) is 17.5. The van der Waals surface area contributed by atoms with Gasteiger partial charge < -0.3 is 11.5 Å². The second kappa shape index (κ2) is 12.8. The smallest absolute Gasteiger partial charge is 0.0367 e. The highest BCUT2D eigenvalue weighted by atomic mass is 14.7. The third-order valence-electron chi connectivity index (χ3n) is 12.8. The van der Waals surface area contributed by atoms with E-state index in [0.29, 0.717) is 10.8 Å². The van der Waals surface area contributed by atoms with Gasteiger partial charge in [0.15, 0.2) is 0 Å². The van der Waals surface area contributed by atoms with E-state index in [0.717, 1.165) is 65.1 Å². The summed E-state index contributed by atoms with van der Waals surface area (Å²) >= 11 is 0. The van der Waals surface area contributed by atoms with E-state index >= 15 is 0 Å². The number of nitrogens with two attached hydrogens (primary N) is 2. The molecule has 5 aliphatic rings. The van der Waals surface area contributed by atoms with Crippen LogP contribution in [-0.2, 0) is 6.42 Å². The lowest BCUT2D eigenvalue weighted by Crippen LogP contribution is -2.65. The van der Waals surface area contributed by atoms with Crippen molar-refractivity contribution in [3.8, 4) is 0 Å². The number of rotatable bonds is 6. The molecule has 1 aromatic rings. The standard InChI is InChI=1S/C34H52N2.2C2H6/c1-21(2)6-5-7-22(3)29-12-13-30-28-11-9-26-17-23(16-24-8-10-27(35)18-31(24)36)14-15-34(26)20-25(32(28)34)19-33(29,30)4;2*1-2/h6,8,10,18,22-23,25-26,28-30,32H,5,7,9,11-17,19-20,35-36H2,1-4H3;2*1-2H3. The molecular weight excluding hydrogens is 484 g/mol. The number of hydrogen-bond acceptors (Lipinski definition) is 2. The highest BCUT2D eigenvalue weighted by Crippen LogP contribution is 2.77. The Kier molecular flexibility index (Phi) is 10.1. The van der Waals surface area contributed by atoms with Crippen LogP contribution in [-0.4, -0.2) is 0 Å². The SMILES string of the molecule is CC.CC.CC(C)=CCCC(C)C1CCC2C3CCC4CC(Cc5ccc(N)cc5N)CCC45CC(CC12C)C35. The largest absolute Gasteiger partial charge is 0.399 e. The third-order valence-corrected chi connectivity index (χ3v) is 12.8. The van der Waals surface area contributed by atoms with Gasteiger partial charge in [-0.25, -0.2) is 0 Å². The summed E-state index contributed by atoms with van der Waals surface area (Å²) in [6.07, 6.45) is 19.9. The van der Waals surface area contributed by atoms with Crippen molar-refractivity contribution in [2.45, 2.75) is 132 Å². The first-order chi connectivity index (χ1) is 19.2. The van der Waals surface area contributed by atoms with Crippen LogP contribution in [0.1, 0.15) is 132 Å². The first kappa shape index (κ1) is 31.5. The van der Waals surface area contributed by atoms with Crippen LogP contribution in [0.4, 0.5) is 11.4 Å². The Morgan fingerprint density at radius 2 is 1.75 bits per heavy atom. The Morgan fingerprint density at radius 1 is 1.00 bits per heavy atom. The second-order valence-corrected chi connectivity index (χ2v) is 14.8. The van der Waals surface area contributed by atoms with Crippen molar-refractivity contribution in [2.75, 3.05) is 11.5 Å². The molecular formula is C38H64N2. The predicted octanol–water partition coefficient (Wildman–Crippen LogP) is 10.7. The van der Waals surface area contributed by atoms with Crippen LogP contribution in [0.3, 0.4) is 0 Å². The van der Waals surface area contributed by atoms with Crippen LogP contribution in [0, 0.1) is 58.2 Å². The van der Waals surface area contributed by atoms with E-state index in [1.54, 1.807) is 12.8 Å². The van der Waals surface area contributed by atoms with Gasteiger partial charge in [0.25, 0.3) is 0 Å². The van der Waals surface area contributed by atoms with Crippen molar-refractivity contribution in [3.63, 3.8) is 0 Å².